The molecule has 0 radical (unpaired) electrons. The van der Waals surface area contributed by atoms with E-state index in [0.717, 1.165) is 11.1 Å². The summed E-state index contributed by atoms with van der Waals surface area (Å²) < 4.78 is 0. The largest absolute Gasteiger partial charge is 0.504 e. The lowest BCUT2D eigenvalue weighted by Crippen LogP contribution is -2.00. The van der Waals surface area contributed by atoms with E-state index in [1.54, 1.807) is 12.1 Å². The lowest BCUT2D eigenvalue weighted by Gasteiger charge is -2.05. The van der Waals surface area contributed by atoms with Crippen molar-refractivity contribution in [3.8, 4) is 22.6 Å². The Hall–Kier alpha value is -3.07. The fourth-order valence-electron chi connectivity index (χ4n) is 2.28. The Morgan fingerprint density at radius 3 is 1.86 bits per heavy atom. The topological polar surface area (TPSA) is 57.5 Å². The van der Waals surface area contributed by atoms with Gasteiger partial charge in [0.05, 0.1) is 0 Å². The van der Waals surface area contributed by atoms with Crippen LogP contribution in [-0.2, 0) is 0 Å². The molecule has 0 saturated carbocycles. The standard InChI is InChI=1S/C19H14O3/c20-17-11-10-16(12-18(17)21)19(22)15-8-6-14(7-9-15)13-4-2-1-3-5-13/h1-12,20-21H. The van der Waals surface area contributed by atoms with Gasteiger partial charge in [-0.1, -0.05) is 54.6 Å². The predicted octanol–water partition coefficient (Wildman–Crippen LogP) is 4.00. The van der Waals surface area contributed by atoms with E-state index in [2.05, 4.69) is 0 Å². The van der Waals surface area contributed by atoms with Crippen LogP contribution in [0.4, 0.5) is 0 Å². The zero-order valence-electron chi connectivity index (χ0n) is 11.7. The lowest BCUT2D eigenvalue weighted by molar-refractivity contribution is 0.103. The van der Waals surface area contributed by atoms with Gasteiger partial charge in [-0.25, -0.2) is 0 Å². The molecule has 0 aromatic heterocycles. The Labute approximate surface area is 128 Å². The van der Waals surface area contributed by atoms with E-state index in [1.807, 2.05) is 42.5 Å². The number of carbonyl (C=O) groups is 1. The number of aromatic hydroxyl groups is 2. The summed E-state index contributed by atoms with van der Waals surface area (Å²) in [6.45, 7) is 0. The number of ketones is 1. The molecule has 0 spiro atoms. The van der Waals surface area contributed by atoms with Crippen molar-refractivity contribution in [1.82, 2.24) is 0 Å². The molecule has 3 aromatic rings. The second-order valence-corrected chi connectivity index (χ2v) is 4.98. The SMILES string of the molecule is O=C(c1ccc(-c2ccccc2)cc1)c1ccc(O)c(O)c1. The number of carbonyl (C=O) groups excluding carboxylic acids is 1. The van der Waals surface area contributed by atoms with Gasteiger partial charge in [0.2, 0.25) is 0 Å². The first-order chi connectivity index (χ1) is 10.6. The summed E-state index contributed by atoms with van der Waals surface area (Å²) in [4.78, 5) is 12.4. The molecule has 3 heteroatoms. The summed E-state index contributed by atoms with van der Waals surface area (Å²) in [7, 11) is 0. The minimum absolute atomic E-state index is 0.199. The second kappa shape index (κ2) is 5.74. The monoisotopic (exact) mass is 290 g/mol. The third-order valence-corrected chi connectivity index (χ3v) is 3.49. The summed E-state index contributed by atoms with van der Waals surface area (Å²) in [6, 6.07) is 21.3. The summed E-state index contributed by atoms with van der Waals surface area (Å²) >= 11 is 0. The van der Waals surface area contributed by atoms with Gasteiger partial charge in [0.1, 0.15) is 0 Å². The zero-order valence-corrected chi connectivity index (χ0v) is 11.7. The fourth-order valence-corrected chi connectivity index (χ4v) is 2.28. The van der Waals surface area contributed by atoms with Crippen molar-refractivity contribution in [3.63, 3.8) is 0 Å². The van der Waals surface area contributed by atoms with Crippen molar-refractivity contribution in [2.24, 2.45) is 0 Å². The summed E-state index contributed by atoms with van der Waals surface area (Å²) in [5, 5.41) is 18.8. The highest BCUT2D eigenvalue weighted by Gasteiger charge is 2.11. The maximum atomic E-state index is 12.4. The molecular weight excluding hydrogens is 276 g/mol. The van der Waals surface area contributed by atoms with E-state index in [-0.39, 0.29) is 17.3 Å². The molecule has 2 N–H and O–H groups in total. The first-order valence-electron chi connectivity index (χ1n) is 6.87. The molecule has 3 nitrogen and oxygen atoms in total. The lowest BCUT2D eigenvalue weighted by atomic mass is 9.99. The van der Waals surface area contributed by atoms with E-state index >= 15 is 0 Å². The minimum Gasteiger partial charge on any atom is -0.504 e. The third kappa shape index (κ3) is 2.69. The number of rotatable bonds is 3. The highest BCUT2D eigenvalue weighted by molar-refractivity contribution is 6.09. The fraction of sp³-hybridized carbons (Fsp3) is 0. The number of hydrogen-bond acceptors (Lipinski definition) is 3. The minimum atomic E-state index is -0.299. The Morgan fingerprint density at radius 1 is 0.636 bits per heavy atom. The van der Waals surface area contributed by atoms with Crippen LogP contribution in [0.25, 0.3) is 11.1 Å². The van der Waals surface area contributed by atoms with Crippen molar-refractivity contribution in [3.05, 3.63) is 83.9 Å². The molecule has 0 saturated heterocycles. The van der Waals surface area contributed by atoms with Gasteiger partial charge in [0.15, 0.2) is 17.3 Å². The Bertz CT molecular complexity index is 806. The summed E-state index contributed by atoms with van der Waals surface area (Å²) in [6.07, 6.45) is 0. The van der Waals surface area contributed by atoms with Crippen LogP contribution in [0.2, 0.25) is 0 Å². The van der Waals surface area contributed by atoms with Gasteiger partial charge in [-0.2, -0.15) is 0 Å². The molecule has 3 aromatic carbocycles. The van der Waals surface area contributed by atoms with Crippen molar-refractivity contribution in [2.75, 3.05) is 0 Å². The molecule has 0 aliphatic heterocycles. The van der Waals surface area contributed by atoms with Crippen molar-refractivity contribution in [1.29, 1.82) is 0 Å². The first kappa shape index (κ1) is 13.9. The van der Waals surface area contributed by atoms with Gasteiger partial charge in [-0.3, -0.25) is 4.79 Å². The molecule has 0 aliphatic carbocycles. The molecule has 0 unspecified atom stereocenters. The van der Waals surface area contributed by atoms with E-state index in [1.165, 1.54) is 18.2 Å². The van der Waals surface area contributed by atoms with Crippen LogP contribution >= 0.6 is 0 Å². The molecule has 0 bridgehead atoms. The molecule has 3 rings (SSSR count). The van der Waals surface area contributed by atoms with Crippen LogP contribution in [-0.4, -0.2) is 16.0 Å². The van der Waals surface area contributed by atoms with Crippen molar-refractivity contribution < 1.29 is 15.0 Å². The number of benzene rings is 3. The van der Waals surface area contributed by atoms with E-state index in [4.69, 9.17) is 0 Å². The van der Waals surface area contributed by atoms with Crippen LogP contribution < -0.4 is 0 Å². The van der Waals surface area contributed by atoms with E-state index in [0.29, 0.717) is 11.1 Å². The number of phenolic OH excluding ortho intramolecular Hbond substituents is 2. The Morgan fingerprint density at radius 2 is 1.23 bits per heavy atom. The molecule has 0 aliphatic rings. The van der Waals surface area contributed by atoms with Crippen LogP contribution in [0.3, 0.4) is 0 Å². The van der Waals surface area contributed by atoms with Crippen LogP contribution in [0, 0.1) is 0 Å². The Kier molecular flexibility index (Phi) is 3.62. The van der Waals surface area contributed by atoms with E-state index in [9.17, 15) is 15.0 Å². The smallest absolute Gasteiger partial charge is 0.193 e. The highest BCUT2D eigenvalue weighted by Crippen LogP contribution is 2.26. The van der Waals surface area contributed by atoms with Crippen molar-refractivity contribution in [2.45, 2.75) is 0 Å². The van der Waals surface area contributed by atoms with Gasteiger partial charge in [-0.15, -0.1) is 0 Å². The maximum Gasteiger partial charge on any atom is 0.193 e. The molecule has 22 heavy (non-hydrogen) atoms. The zero-order chi connectivity index (χ0) is 15.5. The first-order valence-corrected chi connectivity index (χ1v) is 6.87. The number of phenols is 2. The summed E-state index contributed by atoms with van der Waals surface area (Å²) in [5.41, 5.74) is 2.99. The van der Waals surface area contributed by atoms with Gasteiger partial charge >= 0.3 is 0 Å². The molecular formula is C19H14O3. The average Bonchev–Trinajstić information content (AvgIpc) is 2.58. The van der Waals surface area contributed by atoms with Gasteiger partial charge in [-0.05, 0) is 29.3 Å². The van der Waals surface area contributed by atoms with Gasteiger partial charge < -0.3 is 10.2 Å². The molecule has 0 heterocycles. The maximum absolute atomic E-state index is 12.4. The molecule has 0 amide bonds. The molecule has 0 atom stereocenters. The quantitative estimate of drug-likeness (QED) is 0.566. The second-order valence-electron chi connectivity index (χ2n) is 4.98. The highest BCUT2D eigenvalue weighted by atomic mass is 16.3. The molecule has 108 valence electrons. The molecule has 0 fully saturated rings. The third-order valence-electron chi connectivity index (χ3n) is 3.49. The van der Waals surface area contributed by atoms with Crippen LogP contribution in [0.5, 0.6) is 11.5 Å². The van der Waals surface area contributed by atoms with E-state index < -0.39 is 0 Å². The van der Waals surface area contributed by atoms with Gasteiger partial charge in [0.25, 0.3) is 0 Å². The average molecular weight is 290 g/mol. The number of hydrogen-bond donors (Lipinski definition) is 2. The van der Waals surface area contributed by atoms with Crippen LogP contribution in [0.1, 0.15) is 15.9 Å². The summed E-state index contributed by atoms with van der Waals surface area (Å²) in [5.74, 6) is -0.738. The normalized spacial score (nSPS) is 10.4. The van der Waals surface area contributed by atoms with Gasteiger partial charge in [0, 0.05) is 11.1 Å². The van der Waals surface area contributed by atoms with Crippen LogP contribution in [0.15, 0.2) is 72.8 Å². The van der Waals surface area contributed by atoms with Crippen molar-refractivity contribution >= 4 is 5.78 Å². The predicted molar refractivity (Wildman–Crippen MR) is 85.1 cm³/mol. The Balaban J connectivity index is 1.89.